The minimum absolute atomic E-state index is 0. The molecule has 0 radical (unpaired) electrons. The summed E-state index contributed by atoms with van der Waals surface area (Å²) in [5.41, 5.74) is 4.58. The summed E-state index contributed by atoms with van der Waals surface area (Å²) in [6, 6.07) is 5.97. The van der Waals surface area contributed by atoms with Gasteiger partial charge in [0.1, 0.15) is 30.9 Å². The second kappa shape index (κ2) is 9.50. The first-order chi connectivity index (χ1) is 15.0. The van der Waals surface area contributed by atoms with Crippen molar-refractivity contribution in [3.63, 3.8) is 0 Å². The van der Waals surface area contributed by atoms with E-state index in [-0.39, 0.29) is 87.2 Å². The molecule has 0 atom stereocenters. The minimum atomic E-state index is -5.13. The molecule has 0 fully saturated rings. The van der Waals surface area contributed by atoms with Crippen LogP contribution >= 0.6 is 0 Å². The van der Waals surface area contributed by atoms with E-state index in [1.54, 1.807) is 0 Å². The first kappa shape index (κ1) is 30.4. The summed E-state index contributed by atoms with van der Waals surface area (Å²) in [5.74, 6) is 0. The Bertz CT molecular complexity index is 1580. The van der Waals surface area contributed by atoms with Crippen LogP contribution in [-0.2, 0) is 20.2 Å². The Balaban J connectivity index is 0.00000216. The van der Waals surface area contributed by atoms with Gasteiger partial charge in [0.05, 0.1) is 10.5 Å². The van der Waals surface area contributed by atoms with Crippen molar-refractivity contribution in [3.8, 4) is 0 Å². The third-order valence-electron chi connectivity index (χ3n) is 6.05. The standard InChI is InChI=1S/C19H20BF2N3O6S2.2Na/c1-9-16-15(13-5-7-14(23)8-6-13)17-10(2)19(33(29,30)31)12(4)25(17)20(21,22)24(16)11(3)18(9)32(26,27)28;;/h5-8H,23H2,1-4H3,(H,26,27,28)(H,29,30,31);;/q;2*+1/p-2. The van der Waals surface area contributed by atoms with Crippen LogP contribution < -0.4 is 64.8 Å². The number of hydrogen-bond acceptors (Lipinski definition) is 7. The topological polar surface area (TPSA) is 148 Å². The van der Waals surface area contributed by atoms with Crippen molar-refractivity contribution in [2.45, 2.75) is 32.6 Å². The first-order valence-corrected chi connectivity index (χ1v) is 12.4. The predicted molar refractivity (Wildman–Crippen MR) is 115 cm³/mol. The number of nitrogens with zero attached hydrogens (tertiary/aromatic N) is 2. The zero-order valence-electron chi connectivity index (χ0n) is 19.9. The van der Waals surface area contributed by atoms with Crippen LogP contribution in [0.3, 0.4) is 0 Å². The van der Waals surface area contributed by atoms with E-state index >= 15 is 8.63 Å². The average molecular weight is 543 g/mol. The van der Waals surface area contributed by atoms with Gasteiger partial charge in [0.25, 0.3) is 0 Å². The zero-order chi connectivity index (χ0) is 24.8. The number of anilines is 1. The van der Waals surface area contributed by atoms with Crippen LogP contribution in [0, 0.1) is 13.8 Å². The molecule has 0 saturated heterocycles. The molecule has 2 aliphatic heterocycles. The third-order valence-corrected chi connectivity index (χ3v) is 8.25. The Kier molecular flexibility index (Phi) is 8.25. The Morgan fingerprint density at radius 3 is 1.91 bits per heavy atom. The van der Waals surface area contributed by atoms with E-state index in [2.05, 4.69) is 0 Å². The van der Waals surface area contributed by atoms with E-state index in [1.807, 2.05) is 0 Å². The molecule has 0 aliphatic carbocycles. The summed E-state index contributed by atoms with van der Waals surface area (Å²) in [7, 11) is -10.3. The summed E-state index contributed by atoms with van der Waals surface area (Å²) in [4.78, 5) is -1.55. The van der Waals surface area contributed by atoms with Crippen LogP contribution in [0.15, 0.2) is 45.3 Å². The Morgan fingerprint density at radius 1 is 0.943 bits per heavy atom. The fourth-order valence-electron chi connectivity index (χ4n) is 4.95. The summed E-state index contributed by atoms with van der Waals surface area (Å²) in [6.45, 7) is -0.237. The van der Waals surface area contributed by atoms with Crippen LogP contribution in [0.5, 0.6) is 0 Å². The molecule has 3 heterocycles. The molecule has 176 valence electrons. The minimum Gasteiger partial charge on any atom is -0.744 e. The number of halogens is 2. The van der Waals surface area contributed by atoms with Gasteiger partial charge >= 0.3 is 66.1 Å². The zero-order valence-corrected chi connectivity index (χ0v) is 25.5. The van der Waals surface area contributed by atoms with Gasteiger partial charge in [-0.2, -0.15) is 0 Å². The fourth-order valence-corrected chi connectivity index (χ4v) is 6.82. The molecule has 9 nitrogen and oxygen atoms in total. The van der Waals surface area contributed by atoms with Gasteiger partial charge < -0.3 is 32.4 Å². The second-order valence-electron chi connectivity index (χ2n) is 8.01. The smallest absolute Gasteiger partial charge is 0.744 e. The summed E-state index contributed by atoms with van der Waals surface area (Å²) in [6.07, 6.45) is 0. The van der Waals surface area contributed by atoms with Crippen LogP contribution in [0.2, 0.25) is 0 Å². The molecule has 16 heteroatoms. The number of hydrogen-bond donors (Lipinski definition) is 1. The van der Waals surface area contributed by atoms with Crippen molar-refractivity contribution < 1.29 is 98.2 Å². The Hall–Kier alpha value is -0.805. The molecule has 0 unspecified atom stereocenters. The molecule has 35 heavy (non-hydrogen) atoms. The predicted octanol–water partition coefficient (Wildman–Crippen LogP) is -4.10. The second-order valence-corrected chi connectivity index (χ2v) is 10.6. The van der Waals surface area contributed by atoms with E-state index < -0.39 is 48.4 Å². The van der Waals surface area contributed by atoms with Crippen molar-refractivity contribution in [3.05, 3.63) is 63.0 Å². The molecule has 2 N–H and O–H groups in total. The van der Waals surface area contributed by atoms with E-state index in [1.165, 1.54) is 38.1 Å². The Labute approximate surface area is 245 Å². The van der Waals surface area contributed by atoms with Gasteiger partial charge in [0.2, 0.25) is 0 Å². The summed E-state index contributed by atoms with van der Waals surface area (Å²) in [5, 5.41) is 0. The monoisotopic (exact) mass is 543 g/mol. The summed E-state index contributed by atoms with van der Waals surface area (Å²) < 4.78 is 105. The SMILES string of the molecule is CC1=C(S(=O)(=O)[O-])C(C)=[N+]2C1=C(c1ccc(N)cc1)c1c(C)c(S(=O)(=O)[O-])c(C)n1[B-]2(F)F.[Na+].[Na+]. The maximum atomic E-state index is 16.0. The molecule has 0 amide bonds. The van der Waals surface area contributed by atoms with Gasteiger partial charge in [0, 0.05) is 29.6 Å². The van der Waals surface area contributed by atoms with E-state index in [9.17, 15) is 25.9 Å². The number of fused-ring (bicyclic) bond motifs is 2. The van der Waals surface area contributed by atoms with Gasteiger partial charge in [-0.25, -0.2) is 16.8 Å². The van der Waals surface area contributed by atoms with Crippen molar-refractivity contribution >= 4 is 44.2 Å². The van der Waals surface area contributed by atoms with Crippen LogP contribution in [-0.4, -0.2) is 47.6 Å². The van der Waals surface area contributed by atoms with E-state index in [0.29, 0.717) is 20.2 Å². The summed E-state index contributed by atoms with van der Waals surface area (Å²) >= 11 is 0. The molecule has 0 saturated carbocycles. The Morgan fingerprint density at radius 2 is 1.46 bits per heavy atom. The molecule has 1 aromatic carbocycles. The fraction of sp³-hybridized carbons (Fsp3) is 0.211. The number of aromatic nitrogens is 1. The van der Waals surface area contributed by atoms with Crippen LogP contribution in [0.1, 0.15) is 36.4 Å². The van der Waals surface area contributed by atoms with Crippen molar-refractivity contribution in [1.29, 1.82) is 0 Å². The largest absolute Gasteiger partial charge is 1.00 e. The number of allylic oxidation sites excluding steroid dienone is 2. The first-order valence-electron chi connectivity index (χ1n) is 9.62. The van der Waals surface area contributed by atoms with Crippen molar-refractivity contribution in [1.82, 2.24) is 4.48 Å². The van der Waals surface area contributed by atoms with Gasteiger partial charge in [0.15, 0.2) is 5.70 Å². The molecule has 4 rings (SSSR count). The maximum Gasteiger partial charge on any atom is 1.00 e. The molecular formula is C19H18BF2N3Na2O6S2. The molecule has 2 aromatic rings. The molecule has 0 spiro atoms. The number of rotatable bonds is 3. The van der Waals surface area contributed by atoms with Gasteiger partial charge in [-0.3, -0.25) is 0 Å². The number of nitrogens with two attached hydrogens (primary N) is 1. The molecule has 0 bridgehead atoms. The molecular weight excluding hydrogens is 525 g/mol. The van der Waals surface area contributed by atoms with Crippen molar-refractivity contribution in [2.24, 2.45) is 0 Å². The van der Waals surface area contributed by atoms with Gasteiger partial charge in [-0.1, -0.05) is 12.1 Å². The van der Waals surface area contributed by atoms with E-state index in [0.717, 1.165) is 13.8 Å². The van der Waals surface area contributed by atoms with Gasteiger partial charge in [-0.05, 0) is 44.0 Å². The van der Waals surface area contributed by atoms with Gasteiger partial charge in [-0.15, -0.1) is 0 Å². The quantitative estimate of drug-likeness (QED) is 0.235. The van der Waals surface area contributed by atoms with Crippen molar-refractivity contribution in [2.75, 3.05) is 5.73 Å². The third kappa shape index (κ3) is 4.45. The normalized spacial score (nSPS) is 17.1. The number of benzene rings is 1. The average Bonchev–Trinajstić information content (AvgIpc) is 3.07. The van der Waals surface area contributed by atoms with E-state index in [4.69, 9.17) is 5.73 Å². The van der Waals surface area contributed by atoms with Crippen LogP contribution in [0.4, 0.5) is 14.3 Å². The molecule has 1 aromatic heterocycles. The number of nitrogen functional groups attached to an aromatic ring is 1. The van der Waals surface area contributed by atoms with Crippen LogP contribution in [0.25, 0.3) is 5.57 Å². The maximum absolute atomic E-state index is 16.0. The molecule has 2 aliphatic rings.